The lowest BCUT2D eigenvalue weighted by atomic mass is 10.0. The molecule has 3 aromatic rings. The van der Waals surface area contributed by atoms with Crippen molar-refractivity contribution in [3.05, 3.63) is 105 Å². The highest BCUT2D eigenvalue weighted by atomic mass is 35.5. The summed E-state index contributed by atoms with van der Waals surface area (Å²) in [4.78, 5) is 28.7. The van der Waals surface area contributed by atoms with Crippen LogP contribution < -0.4 is 5.32 Å². The molecule has 3 rings (SSSR count). The van der Waals surface area contributed by atoms with Crippen LogP contribution in [0.3, 0.4) is 0 Å². The molecule has 0 heterocycles. The average molecular weight is 518 g/mol. The monoisotopic (exact) mass is 516 g/mol. The number of carbonyl (C=O) groups excluding carboxylic acids is 2. The van der Waals surface area contributed by atoms with E-state index >= 15 is 0 Å². The Bertz CT molecular complexity index is 1120. The molecular weight excluding hydrogens is 491 g/mol. The van der Waals surface area contributed by atoms with Crippen LogP contribution >= 0.6 is 34.8 Å². The molecule has 0 spiro atoms. The fourth-order valence-electron chi connectivity index (χ4n) is 3.70. The van der Waals surface area contributed by atoms with Gasteiger partial charge in [-0.1, -0.05) is 89.4 Å². The number of benzene rings is 3. The van der Waals surface area contributed by atoms with Gasteiger partial charge in [-0.25, -0.2) is 0 Å². The number of amides is 2. The van der Waals surface area contributed by atoms with E-state index in [1.165, 1.54) is 0 Å². The minimum Gasteiger partial charge on any atom is -0.352 e. The summed E-state index contributed by atoms with van der Waals surface area (Å²) in [6.45, 7) is 3.95. The number of hydrogen-bond donors (Lipinski definition) is 1. The van der Waals surface area contributed by atoms with E-state index in [9.17, 15) is 9.59 Å². The third-order valence-electron chi connectivity index (χ3n) is 5.39. The summed E-state index contributed by atoms with van der Waals surface area (Å²) in [6, 6.07) is 21.2. The second kappa shape index (κ2) is 12.3. The van der Waals surface area contributed by atoms with Crippen molar-refractivity contribution in [3.63, 3.8) is 0 Å². The molecule has 3 aromatic carbocycles. The number of hydrogen-bond acceptors (Lipinski definition) is 2. The van der Waals surface area contributed by atoms with Gasteiger partial charge in [0.1, 0.15) is 6.04 Å². The predicted molar refractivity (Wildman–Crippen MR) is 139 cm³/mol. The third-order valence-corrected chi connectivity index (χ3v) is 6.47. The fourth-order valence-corrected chi connectivity index (χ4v) is 4.43. The van der Waals surface area contributed by atoms with Gasteiger partial charge in [-0.15, -0.1) is 0 Å². The van der Waals surface area contributed by atoms with Crippen molar-refractivity contribution in [2.45, 2.75) is 45.3 Å². The number of rotatable bonds is 9. The van der Waals surface area contributed by atoms with E-state index < -0.39 is 6.04 Å². The molecule has 0 unspecified atom stereocenters. The standard InChI is InChI=1S/C27H27Cl3N2O2/c1-18(2)31-27(34)25(15-19-9-4-3-5-10-19)32(17-20-11-6-7-12-22(20)28)26(33)16-21-23(29)13-8-14-24(21)30/h3-14,18,25H,15-17H2,1-2H3,(H,31,34)/t25-/m0/s1. The topological polar surface area (TPSA) is 49.4 Å². The van der Waals surface area contributed by atoms with Gasteiger partial charge in [0.15, 0.2) is 0 Å². The van der Waals surface area contributed by atoms with E-state index in [1.807, 2.05) is 62.4 Å². The lowest BCUT2D eigenvalue weighted by Gasteiger charge is -2.32. The molecule has 4 nitrogen and oxygen atoms in total. The Balaban J connectivity index is 2.02. The van der Waals surface area contributed by atoms with Gasteiger partial charge in [0.25, 0.3) is 0 Å². The highest BCUT2D eigenvalue weighted by Crippen LogP contribution is 2.27. The van der Waals surface area contributed by atoms with Gasteiger partial charge in [-0.05, 0) is 48.7 Å². The van der Waals surface area contributed by atoms with Crippen molar-refractivity contribution in [1.82, 2.24) is 10.2 Å². The van der Waals surface area contributed by atoms with Crippen molar-refractivity contribution in [3.8, 4) is 0 Å². The van der Waals surface area contributed by atoms with Crippen LogP contribution in [-0.4, -0.2) is 28.8 Å². The van der Waals surface area contributed by atoms with Crippen LogP contribution in [0.25, 0.3) is 0 Å². The van der Waals surface area contributed by atoms with Gasteiger partial charge in [0.2, 0.25) is 11.8 Å². The largest absolute Gasteiger partial charge is 0.352 e. The van der Waals surface area contributed by atoms with Crippen molar-refractivity contribution in [2.24, 2.45) is 0 Å². The SMILES string of the molecule is CC(C)NC(=O)[C@H](Cc1ccccc1)N(Cc1ccccc1Cl)C(=O)Cc1c(Cl)cccc1Cl. The smallest absolute Gasteiger partial charge is 0.243 e. The number of carbonyl (C=O) groups is 2. The molecule has 2 amide bonds. The quantitative estimate of drug-likeness (QED) is 0.359. The average Bonchev–Trinajstić information content (AvgIpc) is 2.80. The van der Waals surface area contributed by atoms with Crippen LogP contribution in [0.15, 0.2) is 72.8 Å². The molecule has 34 heavy (non-hydrogen) atoms. The van der Waals surface area contributed by atoms with E-state index in [-0.39, 0.29) is 30.8 Å². The molecule has 0 fully saturated rings. The Hall–Kier alpha value is -2.53. The Morgan fingerprint density at radius 3 is 2.03 bits per heavy atom. The summed E-state index contributed by atoms with van der Waals surface area (Å²) in [5, 5.41) is 4.31. The molecular formula is C27H27Cl3N2O2. The molecule has 0 aliphatic rings. The van der Waals surface area contributed by atoms with Crippen LogP contribution in [-0.2, 0) is 29.0 Å². The summed E-state index contributed by atoms with van der Waals surface area (Å²) in [5.41, 5.74) is 2.22. The zero-order valence-electron chi connectivity index (χ0n) is 19.1. The lowest BCUT2D eigenvalue weighted by molar-refractivity contribution is -0.141. The Labute approximate surface area is 215 Å². The molecule has 0 radical (unpaired) electrons. The molecule has 0 aliphatic heterocycles. The molecule has 0 bridgehead atoms. The van der Waals surface area contributed by atoms with E-state index in [0.29, 0.717) is 27.1 Å². The minimum atomic E-state index is -0.755. The summed E-state index contributed by atoms with van der Waals surface area (Å²) >= 11 is 19.1. The van der Waals surface area contributed by atoms with Gasteiger partial charge in [-0.2, -0.15) is 0 Å². The zero-order valence-corrected chi connectivity index (χ0v) is 21.4. The highest BCUT2D eigenvalue weighted by Gasteiger charge is 2.31. The van der Waals surface area contributed by atoms with Gasteiger partial charge >= 0.3 is 0 Å². The van der Waals surface area contributed by atoms with Crippen LogP contribution in [0, 0.1) is 0 Å². The summed E-state index contributed by atoms with van der Waals surface area (Å²) in [5.74, 6) is -0.501. The highest BCUT2D eigenvalue weighted by molar-refractivity contribution is 6.36. The Kier molecular flexibility index (Phi) is 9.40. The first kappa shape index (κ1) is 26.1. The van der Waals surface area contributed by atoms with Gasteiger partial charge < -0.3 is 10.2 Å². The van der Waals surface area contributed by atoms with Crippen molar-refractivity contribution < 1.29 is 9.59 Å². The van der Waals surface area contributed by atoms with Gasteiger partial charge in [0, 0.05) is 34.1 Å². The molecule has 178 valence electrons. The molecule has 7 heteroatoms. The summed E-state index contributed by atoms with van der Waals surface area (Å²) < 4.78 is 0. The normalized spacial score (nSPS) is 11.8. The lowest BCUT2D eigenvalue weighted by Crippen LogP contribution is -2.52. The van der Waals surface area contributed by atoms with Gasteiger partial charge in [-0.3, -0.25) is 9.59 Å². The third kappa shape index (κ3) is 6.99. The van der Waals surface area contributed by atoms with Crippen LogP contribution in [0.4, 0.5) is 0 Å². The fraction of sp³-hybridized carbons (Fsp3) is 0.259. The van der Waals surface area contributed by atoms with Gasteiger partial charge in [0.05, 0.1) is 6.42 Å². The van der Waals surface area contributed by atoms with Crippen molar-refractivity contribution in [2.75, 3.05) is 0 Å². The Morgan fingerprint density at radius 1 is 0.824 bits per heavy atom. The molecule has 0 saturated heterocycles. The minimum absolute atomic E-state index is 0.0385. The van der Waals surface area contributed by atoms with E-state index in [1.54, 1.807) is 29.2 Å². The van der Waals surface area contributed by atoms with E-state index in [0.717, 1.165) is 11.1 Å². The first-order valence-electron chi connectivity index (χ1n) is 11.1. The summed E-state index contributed by atoms with van der Waals surface area (Å²) in [6.07, 6.45) is 0.315. The molecule has 0 aromatic heterocycles. The maximum absolute atomic E-state index is 13.7. The molecule has 0 aliphatic carbocycles. The predicted octanol–water partition coefficient (Wildman–Crippen LogP) is 6.35. The van der Waals surface area contributed by atoms with E-state index in [4.69, 9.17) is 34.8 Å². The first-order valence-corrected chi connectivity index (χ1v) is 12.2. The van der Waals surface area contributed by atoms with Crippen molar-refractivity contribution in [1.29, 1.82) is 0 Å². The zero-order chi connectivity index (χ0) is 24.7. The van der Waals surface area contributed by atoms with E-state index in [2.05, 4.69) is 5.32 Å². The Morgan fingerprint density at radius 2 is 1.41 bits per heavy atom. The number of halogens is 3. The molecule has 1 atom stereocenters. The first-order chi connectivity index (χ1) is 16.3. The number of nitrogens with one attached hydrogen (secondary N) is 1. The van der Waals surface area contributed by atoms with Crippen LogP contribution in [0.1, 0.15) is 30.5 Å². The maximum atomic E-state index is 13.7. The summed E-state index contributed by atoms with van der Waals surface area (Å²) in [7, 11) is 0. The second-order valence-corrected chi connectivity index (χ2v) is 9.58. The number of nitrogens with zero attached hydrogens (tertiary/aromatic N) is 1. The molecule has 0 saturated carbocycles. The van der Waals surface area contributed by atoms with Crippen LogP contribution in [0.2, 0.25) is 15.1 Å². The molecule has 1 N–H and O–H groups in total. The van der Waals surface area contributed by atoms with Crippen molar-refractivity contribution >= 4 is 46.6 Å². The second-order valence-electron chi connectivity index (χ2n) is 8.36. The maximum Gasteiger partial charge on any atom is 0.243 e. The van der Waals surface area contributed by atoms with Crippen LogP contribution in [0.5, 0.6) is 0 Å².